The van der Waals surface area contributed by atoms with E-state index in [0.717, 1.165) is 24.1 Å². The standard InChI is InChI=1S/C11H12N2O3/c1-16-6-3-11(6)5-2-4-8(7(5)11)12-13-9(4)10(14)15/h5-7H,2-3H2,1H3,(H,12,13)(H,14,15)/t5-,6?,7-,11?/m0/s1. The van der Waals surface area contributed by atoms with Crippen molar-refractivity contribution in [2.75, 3.05) is 7.11 Å². The predicted octanol–water partition coefficient (Wildman–Crippen LogP) is 0.782. The topological polar surface area (TPSA) is 75.2 Å². The number of fused-ring (bicyclic) bond motifs is 5. The molecule has 2 saturated carbocycles. The van der Waals surface area contributed by atoms with Gasteiger partial charge in [0.1, 0.15) is 0 Å². The smallest absolute Gasteiger partial charge is 0.356 e. The number of nitrogens with one attached hydrogen (secondary N) is 1. The van der Waals surface area contributed by atoms with Crippen molar-refractivity contribution in [2.24, 2.45) is 11.3 Å². The van der Waals surface area contributed by atoms with E-state index in [2.05, 4.69) is 10.2 Å². The number of aromatic carboxylic acids is 1. The minimum absolute atomic E-state index is 0.215. The number of ether oxygens (including phenoxy) is 1. The lowest BCUT2D eigenvalue weighted by Gasteiger charge is -2.01. The Labute approximate surface area is 91.8 Å². The zero-order chi connectivity index (χ0) is 11.1. The van der Waals surface area contributed by atoms with Crippen LogP contribution in [0.4, 0.5) is 0 Å². The molecule has 3 aliphatic carbocycles. The van der Waals surface area contributed by atoms with Crippen molar-refractivity contribution >= 4 is 5.97 Å². The van der Waals surface area contributed by atoms with E-state index < -0.39 is 5.97 Å². The van der Waals surface area contributed by atoms with Crippen molar-refractivity contribution in [3.05, 3.63) is 17.0 Å². The van der Waals surface area contributed by atoms with Gasteiger partial charge in [0.25, 0.3) is 0 Å². The summed E-state index contributed by atoms with van der Waals surface area (Å²) in [6.07, 6.45) is 2.37. The van der Waals surface area contributed by atoms with Crippen LogP contribution in [0.3, 0.4) is 0 Å². The average Bonchev–Trinajstić information content (AvgIpc) is 2.95. The molecule has 0 aliphatic heterocycles. The molecule has 4 rings (SSSR count). The van der Waals surface area contributed by atoms with Gasteiger partial charge in [0.05, 0.1) is 6.10 Å². The van der Waals surface area contributed by atoms with Crippen molar-refractivity contribution in [3.8, 4) is 0 Å². The van der Waals surface area contributed by atoms with E-state index in [1.807, 2.05) is 0 Å². The second-order valence-corrected chi connectivity index (χ2v) is 5.10. The van der Waals surface area contributed by atoms with Gasteiger partial charge >= 0.3 is 5.97 Å². The molecule has 1 aromatic heterocycles. The lowest BCUT2D eigenvalue weighted by atomic mass is 10.1. The summed E-state index contributed by atoms with van der Waals surface area (Å²) in [4.78, 5) is 10.9. The van der Waals surface area contributed by atoms with E-state index >= 15 is 0 Å². The summed E-state index contributed by atoms with van der Waals surface area (Å²) in [5, 5.41) is 15.8. The van der Waals surface area contributed by atoms with Gasteiger partial charge in [-0.05, 0) is 18.8 Å². The number of aromatic nitrogens is 2. The summed E-state index contributed by atoms with van der Waals surface area (Å²) in [5.41, 5.74) is 2.54. The van der Waals surface area contributed by atoms with Gasteiger partial charge in [-0.3, -0.25) is 5.10 Å². The Kier molecular flexibility index (Phi) is 1.27. The molecular formula is C11H12N2O3. The van der Waals surface area contributed by atoms with Crippen LogP contribution in [0.2, 0.25) is 0 Å². The highest BCUT2D eigenvalue weighted by Gasteiger charge is 2.81. The minimum atomic E-state index is -0.924. The molecule has 2 N–H and O–H groups in total. The number of carboxylic acid groups (broad SMARTS) is 1. The molecule has 3 aliphatic rings. The summed E-state index contributed by atoms with van der Waals surface area (Å²) in [5.74, 6) is 0.153. The Bertz CT molecular complexity index is 509. The molecule has 1 spiro atoms. The molecule has 4 atom stereocenters. The zero-order valence-corrected chi connectivity index (χ0v) is 8.86. The van der Waals surface area contributed by atoms with Gasteiger partial charge in [-0.15, -0.1) is 0 Å². The van der Waals surface area contributed by atoms with Gasteiger partial charge in [0.15, 0.2) is 5.69 Å². The fraction of sp³-hybridized carbons (Fsp3) is 0.636. The normalized spacial score (nSPS) is 41.9. The number of carbonyl (C=O) groups is 1. The Morgan fingerprint density at radius 2 is 2.50 bits per heavy atom. The zero-order valence-electron chi connectivity index (χ0n) is 8.86. The number of hydrogen-bond acceptors (Lipinski definition) is 3. The molecule has 1 aromatic rings. The fourth-order valence-electron chi connectivity index (χ4n) is 3.84. The highest BCUT2D eigenvalue weighted by atomic mass is 16.5. The van der Waals surface area contributed by atoms with Crippen molar-refractivity contribution in [1.29, 1.82) is 0 Å². The number of hydrogen-bond donors (Lipinski definition) is 2. The first kappa shape index (κ1) is 8.75. The molecule has 84 valence electrons. The Balaban J connectivity index is 1.72. The average molecular weight is 220 g/mol. The molecule has 0 saturated heterocycles. The van der Waals surface area contributed by atoms with Crippen LogP contribution in [0, 0.1) is 11.3 Å². The lowest BCUT2D eigenvalue weighted by molar-refractivity contribution is 0.0689. The SMILES string of the molecule is COC1CC12[C@@H]1c3[nH]nc(C(=O)O)c3C[C@@H]12. The molecule has 0 radical (unpaired) electrons. The van der Waals surface area contributed by atoms with Crippen LogP contribution in [-0.4, -0.2) is 34.5 Å². The number of carboxylic acids is 1. The summed E-state index contributed by atoms with van der Waals surface area (Å²) >= 11 is 0. The van der Waals surface area contributed by atoms with Crippen LogP contribution in [0.5, 0.6) is 0 Å². The summed E-state index contributed by atoms with van der Waals surface area (Å²) in [6, 6.07) is 0. The van der Waals surface area contributed by atoms with Crippen molar-refractivity contribution in [3.63, 3.8) is 0 Å². The highest BCUT2D eigenvalue weighted by molar-refractivity contribution is 5.88. The van der Waals surface area contributed by atoms with Crippen LogP contribution in [0.15, 0.2) is 0 Å². The monoisotopic (exact) mass is 220 g/mol. The van der Waals surface area contributed by atoms with Gasteiger partial charge in [0, 0.05) is 29.7 Å². The van der Waals surface area contributed by atoms with Gasteiger partial charge in [-0.1, -0.05) is 0 Å². The first-order chi connectivity index (χ1) is 7.70. The van der Waals surface area contributed by atoms with Gasteiger partial charge in [-0.2, -0.15) is 5.10 Å². The molecule has 1 heterocycles. The Morgan fingerprint density at radius 3 is 3.12 bits per heavy atom. The fourth-order valence-corrected chi connectivity index (χ4v) is 3.84. The van der Waals surface area contributed by atoms with Crippen LogP contribution in [0.1, 0.15) is 34.1 Å². The molecule has 0 amide bonds. The third-order valence-electron chi connectivity index (χ3n) is 4.66. The van der Waals surface area contributed by atoms with E-state index in [-0.39, 0.29) is 5.69 Å². The summed E-state index contributed by atoms with van der Waals surface area (Å²) in [6.45, 7) is 0. The van der Waals surface area contributed by atoms with Crippen LogP contribution >= 0.6 is 0 Å². The van der Waals surface area contributed by atoms with Gasteiger partial charge in [0.2, 0.25) is 0 Å². The number of aromatic amines is 1. The third kappa shape index (κ3) is 0.724. The number of rotatable bonds is 2. The maximum atomic E-state index is 10.9. The van der Waals surface area contributed by atoms with Crippen molar-refractivity contribution in [1.82, 2.24) is 10.2 Å². The minimum Gasteiger partial charge on any atom is -0.476 e. The first-order valence-electron chi connectivity index (χ1n) is 5.53. The lowest BCUT2D eigenvalue weighted by Crippen LogP contribution is -2.04. The summed E-state index contributed by atoms with van der Waals surface area (Å²) in [7, 11) is 1.75. The molecular weight excluding hydrogens is 208 g/mol. The number of H-pyrrole nitrogens is 1. The quantitative estimate of drug-likeness (QED) is 0.772. The maximum Gasteiger partial charge on any atom is 0.356 e. The molecule has 5 nitrogen and oxygen atoms in total. The molecule has 2 fully saturated rings. The second-order valence-electron chi connectivity index (χ2n) is 5.10. The largest absolute Gasteiger partial charge is 0.476 e. The van der Waals surface area contributed by atoms with Gasteiger partial charge < -0.3 is 9.84 Å². The van der Waals surface area contributed by atoms with Gasteiger partial charge in [-0.25, -0.2) is 4.79 Å². The van der Waals surface area contributed by atoms with Crippen molar-refractivity contribution in [2.45, 2.75) is 24.9 Å². The van der Waals surface area contributed by atoms with Crippen LogP contribution < -0.4 is 0 Å². The first-order valence-corrected chi connectivity index (χ1v) is 5.53. The second kappa shape index (κ2) is 2.32. The molecule has 2 unspecified atom stereocenters. The molecule has 0 aromatic carbocycles. The Morgan fingerprint density at radius 1 is 1.69 bits per heavy atom. The third-order valence-corrected chi connectivity index (χ3v) is 4.66. The maximum absolute atomic E-state index is 10.9. The molecule has 5 heteroatoms. The predicted molar refractivity (Wildman–Crippen MR) is 53.3 cm³/mol. The van der Waals surface area contributed by atoms with E-state index in [4.69, 9.17) is 9.84 Å². The molecule has 0 bridgehead atoms. The van der Waals surface area contributed by atoms with Crippen molar-refractivity contribution < 1.29 is 14.6 Å². The van der Waals surface area contributed by atoms with Crippen LogP contribution in [-0.2, 0) is 11.2 Å². The number of nitrogens with zero attached hydrogens (tertiary/aromatic N) is 1. The van der Waals surface area contributed by atoms with E-state index in [0.29, 0.717) is 23.4 Å². The van der Waals surface area contributed by atoms with Crippen LogP contribution in [0.25, 0.3) is 0 Å². The number of methoxy groups -OCH3 is 1. The van der Waals surface area contributed by atoms with E-state index in [9.17, 15) is 4.79 Å². The summed E-state index contributed by atoms with van der Waals surface area (Å²) < 4.78 is 5.39. The Hall–Kier alpha value is -1.36. The van der Waals surface area contributed by atoms with E-state index in [1.54, 1.807) is 7.11 Å². The highest BCUT2D eigenvalue weighted by Crippen LogP contribution is 2.82. The van der Waals surface area contributed by atoms with E-state index in [1.165, 1.54) is 0 Å². The molecule has 16 heavy (non-hydrogen) atoms.